The first kappa shape index (κ1) is 20.2. The minimum atomic E-state index is 0. The summed E-state index contributed by atoms with van der Waals surface area (Å²) in [5, 5.41) is 1.13. The number of rotatable bonds is 4. The first-order valence-corrected chi connectivity index (χ1v) is 10.1. The maximum atomic E-state index is 13.2. The summed E-state index contributed by atoms with van der Waals surface area (Å²) in [6.45, 7) is 2.73. The second-order valence-corrected chi connectivity index (χ2v) is 8.24. The van der Waals surface area contributed by atoms with Crippen molar-refractivity contribution in [3.63, 3.8) is 0 Å². The van der Waals surface area contributed by atoms with Crippen molar-refractivity contribution >= 4 is 29.3 Å². The van der Waals surface area contributed by atoms with E-state index in [-0.39, 0.29) is 24.2 Å². The third-order valence-electron chi connectivity index (χ3n) is 6.64. The van der Waals surface area contributed by atoms with E-state index < -0.39 is 0 Å². The molecule has 2 atom stereocenters. The number of nitrogens with two attached hydrogens (primary N) is 1. The Morgan fingerprint density at radius 1 is 1.22 bits per heavy atom. The number of para-hydroxylation sites is 1. The van der Waals surface area contributed by atoms with Crippen molar-refractivity contribution < 1.29 is 9.21 Å². The molecule has 2 N–H and O–H groups in total. The van der Waals surface area contributed by atoms with Gasteiger partial charge < -0.3 is 15.1 Å². The molecule has 0 spiro atoms. The fourth-order valence-electron chi connectivity index (χ4n) is 5.23. The van der Waals surface area contributed by atoms with Crippen LogP contribution in [0.15, 0.2) is 28.7 Å². The molecule has 0 radical (unpaired) electrons. The van der Waals surface area contributed by atoms with Gasteiger partial charge in [-0.15, -0.1) is 12.4 Å². The van der Waals surface area contributed by atoms with Gasteiger partial charge in [-0.3, -0.25) is 4.79 Å². The zero-order valence-corrected chi connectivity index (χ0v) is 17.1. The van der Waals surface area contributed by atoms with E-state index in [9.17, 15) is 4.79 Å². The minimum Gasteiger partial charge on any atom is -0.461 e. The van der Waals surface area contributed by atoms with Gasteiger partial charge >= 0.3 is 0 Å². The number of halogens is 1. The van der Waals surface area contributed by atoms with Crippen LogP contribution in [0, 0.1) is 17.8 Å². The zero-order valence-electron chi connectivity index (χ0n) is 16.3. The average Bonchev–Trinajstić information content (AvgIpc) is 2.98. The number of fused-ring (bicyclic) bond motifs is 3. The monoisotopic (exact) mass is 390 g/mol. The van der Waals surface area contributed by atoms with Crippen LogP contribution < -0.4 is 5.73 Å². The van der Waals surface area contributed by atoms with Crippen molar-refractivity contribution in [2.45, 2.75) is 58.0 Å². The van der Waals surface area contributed by atoms with Crippen LogP contribution in [-0.2, 0) is 17.8 Å². The molecule has 2 aliphatic carbocycles. The Kier molecular flexibility index (Phi) is 6.17. The van der Waals surface area contributed by atoms with E-state index in [4.69, 9.17) is 10.2 Å². The molecule has 2 aliphatic rings. The van der Waals surface area contributed by atoms with Crippen LogP contribution in [0.1, 0.15) is 50.4 Å². The molecule has 4 rings (SSSR count). The van der Waals surface area contributed by atoms with Crippen LogP contribution in [0.5, 0.6) is 0 Å². The fourth-order valence-corrected chi connectivity index (χ4v) is 5.23. The topological polar surface area (TPSA) is 59.5 Å². The van der Waals surface area contributed by atoms with Crippen LogP contribution in [0.3, 0.4) is 0 Å². The molecule has 2 bridgehead atoms. The molecule has 2 fully saturated rings. The van der Waals surface area contributed by atoms with Gasteiger partial charge in [-0.1, -0.05) is 31.5 Å². The van der Waals surface area contributed by atoms with Gasteiger partial charge in [0.05, 0.1) is 0 Å². The van der Waals surface area contributed by atoms with Gasteiger partial charge in [0, 0.05) is 42.9 Å². The number of carbonyl (C=O) groups excluding carboxylic acids is 1. The second kappa shape index (κ2) is 8.24. The number of benzene rings is 1. The van der Waals surface area contributed by atoms with Crippen LogP contribution in [-0.4, -0.2) is 23.9 Å². The molecule has 27 heavy (non-hydrogen) atoms. The summed E-state index contributed by atoms with van der Waals surface area (Å²) in [5.74, 6) is 2.48. The van der Waals surface area contributed by atoms with E-state index in [1.807, 2.05) is 30.1 Å². The number of aryl methyl sites for hydroxylation is 1. The van der Waals surface area contributed by atoms with Crippen molar-refractivity contribution in [2.24, 2.45) is 23.5 Å². The van der Waals surface area contributed by atoms with Crippen LogP contribution in [0.4, 0.5) is 0 Å². The van der Waals surface area contributed by atoms with Crippen LogP contribution >= 0.6 is 12.4 Å². The highest BCUT2D eigenvalue weighted by Crippen LogP contribution is 2.42. The van der Waals surface area contributed by atoms with Crippen molar-refractivity contribution in [1.29, 1.82) is 0 Å². The Morgan fingerprint density at radius 3 is 2.56 bits per heavy atom. The summed E-state index contributed by atoms with van der Waals surface area (Å²) in [5.41, 5.74) is 8.47. The number of hydrogen-bond acceptors (Lipinski definition) is 3. The lowest BCUT2D eigenvalue weighted by atomic mass is 9.65. The smallest absolute Gasteiger partial charge is 0.225 e. The second-order valence-electron chi connectivity index (χ2n) is 8.24. The summed E-state index contributed by atoms with van der Waals surface area (Å²) in [6, 6.07) is 8.43. The third kappa shape index (κ3) is 3.74. The molecule has 2 saturated carbocycles. The molecule has 1 heterocycles. The molecule has 4 nitrogen and oxygen atoms in total. The van der Waals surface area contributed by atoms with Gasteiger partial charge in [0.25, 0.3) is 0 Å². The first-order valence-electron chi connectivity index (χ1n) is 10.1. The summed E-state index contributed by atoms with van der Waals surface area (Å²) in [7, 11) is 1.94. The van der Waals surface area contributed by atoms with Gasteiger partial charge in [0.2, 0.25) is 5.91 Å². The van der Waals surface area contributed by atoms with Gasteiger partial charge in [0.15, 0.2) is 0 Å². The van der Waals surface area contributed by atoms with E-state index >= 15 is 0 Å². The molecule has 1 amide bonds. The lowest BCUT2D eigenvalue weighted by molar-refractivity contribution is -0.137. The molecular weight excluding hydrogens is 360 g/mol. The van der Waals surface area contributed by atoms with Gasteiger partial charge in [0.1, 0.15) is 11.3 Å². The fraction of sp³-hybridized carbons (Fsp3) is 0.591. The largest absolute Gasteiger partial charge is 0.461 e. The van der Waals surface area contributed by atoms with Crippen LogP contribution in [0.2, 0.25) is 0 Å². The molecular formula is C22H31ClN2O2. The number of carbonyl (C=O) groups is 1. The predicted molar refractivity (Wildman–Crippen MR) is 111 cm³/mol. The average molecular weight is 391 g/mol. The summed E-state index contributed by atoms with van der Waals surface area (Å²) in [4.78, 5) is 15.1. The zero-order chi connectivity index (χ0) is 18.3. The molecule has 0 saturated heterocycles. The van der Waals surface area contributed by atoms with E-state index in [1.54, 1.807) is 0 Å². The Morgan fingerprint density at radius 2 is 1.89 bits per heavy atom. The first-order chi connectivity index (χ1) is 12.6. The molecule has 2 aromatic rings. The summed E-state index contributed by atoms with van der Waals surface area (Å²) >= 11 is 0. The summed E-state index contributed by atoms with van der Waals surface area (Å²) in [6.07, 6.45) is 6.44. The maximum absolute atomic E-state index is 13.2. The Bertz CT molecular complexity index is 789. The lowest BCUT2D eigenvalue weighted by Crippen LogP contribution is -2.49. The van der Waals surface area contributed by atoms with Crippen molar-refractivity contribution in [3.8, 4) is 0 Å². The Hall–Kier alpha value is -1.52. The SMILES string of the molecule is CCc1oc2ccccc2c1CN(C)C(=O)C1CC2CCCC(C1)C2N.Cl. The van der Waals surface area contributed by atoms with Crippen molar-refractivity contribution in [3.05, 3.63) is 35.6 Å². The van der Waals surface area contributed by atoms with Crippen molar-refractivity contribution in [2.75, 3.05) is 7.05 Å². The highest BCUT2D eigenvalue weighted by Gasteiger charge is 2.41. The molecule has 1 aromatic heterocycles. The van der Waals surface area contributed by atoms with Gasteiger partial charge in [-0.05, 0) is 43.6 Å². The van der Waals surface area contributed by atoms with Crippen molar-refractivity contribution in [1.82, 2.24) is 4.90 Å². The van der Waals surface area contributed by atoms with Crippen LogP contribution in [0.25, 0.3) is 11.0 Å². The van der Waals surface area contributed by atoms with Gasteiger partial charge in [-0.25, -0.2) is 0 Å². The number of furan rings is 1. The van der Waals surface area contributed by atoms with E-state index in [2.05, 4.69) is 13.0 Å². The highest BCUT2D eigenvalue weighted by molar-refractivity contribution is 5.85. The molecule has 148 valence electrons. The molecule has 2 unspecified atom stereocenters. The number of nitrogens with zero attached hydrogens (tertiary/aromatic N) is 1. The maximum Gasteiger partial charge on any atom is 0.225 e. The number of hydrogen-bond donors (Lipinski definition) is 1. The number of amides is 1. The lowest BCUT2D eigenvalue weighted by Gasteiger charge is -2.44. The predicted octanol–water partition coefficient (Wildman–Crippen LogP) is 4.53. The standard InChI is InChI=1S/C22H30N2O2.ClH/c1-3-19-18(17-9-4-5-10-20(17)26-19)13-24(2)22(25)16-11-14-7-6-8-15(12-16)21(14)23;/h4-5,9-10,14-16,21H,3,6-8,11-13,23H2,1-2H3;1H. The van der Waals surface area contributed by atoms with E-state index in [1.165, 1.54) is 19.3 Å². The highest BCUT2D eigenvalue weighted by atomic mass is 35.5. The minimum absolute atomic E-state index is 0. The molecule has 5 heteroatoms. The third-order valence-corrected chi connectivity index (χ3v) is 6.64. The summed E-state index contributed by atoms with van der Waals surface area (Å²) < 4.78 is 5.99. The quantitative estimate of drug-likeness (QED) is 0.834. The van der Waals surface area contributed by atoms with E-state index in [0.717, 1.165) is 41.6 Å². The molecule has 1 aromatic carbocycles. The Balaban J connectivity index is 0.00000210. The normalized spacial score (nSPS) is 27.2. The Labute approximate surface area is 167 Å². The molecule has 0 aliphatic heterocycles. The van der Waals surface area contributed by atoms with Gasteiger partial charge in [-0.2, -0.15) is 0 Å². The van der Waals surface area contributed by atoms with E-state index in [0.29, 0.717) is 24.4 Å².